The molecule has 0 fully saturated rings. The van der Waals surface area contributed by atoms with E-state index in [1.165, 1.54) is 19.3 Å². The Balaban J connectivity index is 1.63. The molecular formula is C23H30N2O2. The highest BCUT2D eigenvalue weighted by molar-refractivity contribution is 5.80. The summed E-state index contributed by atoms with van der Waals surface area (Å²) >= 11 is 0. The number of aromatic nitrogens is 2. The molecule has 4 nitrogen and oxygen atoms in total. The van der Waals surface area contributed by atoms with Gasteiger partial charge >= 0.3 is 0 Å². The Kier molecular flexibility index (Phi) is 7.14. The van der Waals surface area contributed by atoms with Crippen LogP contribution in [0.4, 0.5) is 0 Å². The Hall–Kier alpha value is -2.49. The third kappa shape index (κ3) is 5.49. The molecule has 0 radical (unpaired) electrons. The molecule has 0 aliphatic carbocycles. The van der Waals surface area contributed by atoms with Crippen LogP contribution >= 0.6 is 0 Å². The lowest BCUT2D eigenvalue weighted by Crippen LogP contribution is -1.97. The summed E-state index contributed by atoms with van der Waals surface area (Å²) in [6, 6.07) is 14.2. The molecule has 3 aromatic rings. The van der Waals surface area contributed by atoms with Crippen molar-refractivity contribution in [2.45, 2.75) is 52.4 Å². The Morgan fingerprint density at radius 3 is 2.26 bits per heavy atom. The Morgan fingerprint density at radius 1 is 0.778 bits per heavy atom. The van der Waals surface area contributed by atoms with Crippen LogP contribution in [0.1, 0.15) is 52.4 Å². The van der Waals surface area contributed by atoms with Crippen molar-refractivity contribution < 1.29 is 9.47 Å². The fourth-order valence-corrected chi connectivity index (χ4v) is 2.97. The quantitative estimate of drug-likeness (QED) is 0.381. The van der Waals surface area contributed by atoms with Gasteiger partial charge in [0.15, 0.2) is 0 Å². The molecule has 0 atom stereocenters. The molecule has 1 aromatic heterocycles. The summed E-state index contributed by atoms with van der Waals surface area (Å²) in [7, 11) is 0. The predicted molar refractivity (Wildman–Crippen MR) is 111 cm³/mol. The van der Waals surface area contributed by atoms with Gasteiger partial charge in [-0.15, -0.1) is 0 Å². The molecular weight excluding hydrogens is 336 g/mol. The molecule has 27 heavy (non-hydrogen) atoms. The van der Waals surface area contributed by atoms with Crippen molar-refractivity contribution in [3.05, 3.63) is 48.7 Å². The molecule has 0 spiro atoms. The third-order valence-electron chi connectivity index (χ3n) is 4.61. The van der Waals surface area contributed by atoms with Gasteiger partial charge in [-0.2, -0.15) is 5.10 Å². The minimum absolute atomic E-state index is 0.767. The van der Waals surface area contributed by atoms with Crippen LogP contribution in [0.25, 0.3) is 16.6 Å². The topological polar surface area (TPSA) is 36.3 Å². The van der Waals surface area contributed by atoms with Gasteiger partial charge in [0.25, 0.3) is 0 Å². The molecule has 0 saturated heterocycles. The fourth-order valence-electron chi connectivity index (χ4n) is 2.97. The van der Waals surface area contributed by atoms with Crippen LogP contribution in [0.5, 0.6) is 11.5 Å². The van der Waals surface area contributed by atoms with Crippen LogP contribution in [0, 0.1) is 0 Å². The molecule has 1 heterocycles. The smallest absolute Gasteiger partial charge is 0.120 e. The lowest BCUT2D eigenvalue weighted by atomic mass is 10.2. The average Bonchev–Trinajstić information content (AvgIpc) is 3.12. The summed E-state index contributed by atoms with van der Waals surface area (Å²) < 4.78 is 13.5. The van der Waals surface area contributed by atoms with E-state index in [-0.39, 0.29) is 0 Å². The van der Waals surface area contributed by atoms with Gasteiger partial charge in [-0.1, -0.05) is 39.5 Å². The van der Waals surface area contributed by atoms with Gasteiger partial charge in [0.1, 0.15) is 11.5 Å². The highest BCUT2D eigenvalue weighted by Crippen LogP contribution is 2.23. The van der Waals surface area contributed by atoms with E-state index in [0.717, 1.165) is 60.6 Å². The molecule has 0 aliphatic heterocycles. The van der Waals surface area contributed by atoms with E-state index in [1.807, 2.05) is 47.3 Å². The second-order valence-corrected chi connectivity index (χ2v) is 6.90. The number of nitrogens with zero attached hydrogens (tertiary/aromatic N) is 2. The van der Waals surface area contributed by atoms with E-state index >= 15 is 0 Å². The fraction of sp³-hybridized carbons (Fsp3) is 0.435. The molecule has 144 valence electrons. The van der Waals surface area contributed by atoms with Gasteiger partial charge in [-0.3, -0.25) is 0 Å². The zero-order chi connectivity index (χ0) is 18.9. The summed E-state index contributed by atoms with van der Waals surface area (Å²) in [5.41, 5.74) is 1.99. The van der Waals surface area contributed by atoms with Crippen LogP contribution in [0.3, 0.4) is 0 Å². The Labute approximate surface area is 162 Å². The van der Waals surface area contributed by atoms with Crippen molar-refractivity contribution >= 4 is 10.9 Å². The summed E-state index contributed by atoms with van der Waals surface area (Å²) in [6.07, 6.45) is 9.13. The largest absolute Gasteiger partial charge is 0.494 e. The second-order valence-electron chi connectivity index (χ2n) is 6.90. The molecule has 0 aliphatic rings. The number of hydrogen-bond acceptors (Lipinski definition) is 3. The third-order valence-corrected chi connectivity index (χ3v) is 4.61. The van der Waals surface area contributed by atoms with Crippen molar-refractivity contribution in [1.82, 2.24) is 9.78 Å². The minimum Gasteiger partial charge on any atom is -0.494 e. The van der Waals surface area contributed by atoms with Gasteiger partial charge in [-0.05, 0) is 55.3 Å². The number of fused-ring (bicyclic) bond motifs is 1. The summed E-state index contributed by atoms with van der Waals surface area (Å²) in [5.74, 6) is 1.82. The number of ether oxygens (including phenoxy) is 2. The monoisotopic (exact) mass is 366 g/mol. The minimum atomic E-state index is 0.767. The van der Waals surface area contributed by atoms with Gasteiger partial charge in [0, 0.05) is 11.6 Å². The van der Waals surface area contributed by atoms with Crippen molar-refractivity contribution in [2.75, 3.05) is 13.2 Å². The number of rotatable bonds is 11. The highest BCUT2D eigenvalue weighted by atomic mass is 16.5. The first kappa shape index (κ1) is 19.3. The van der Waals surface area contributed by atoms with E-state index in [9.17, 15) is 0 Å². The first-order valence-corrected chi connectivity index (χ1v) is 10.2. The van der Waals surface area contributed by atoms with Crippen LogP contribution < -0.4 is 9.47 Å². The highest BCUT2D eigenvalue weighted by Gasteiger charge is 2.05. The second kappa shape index (κ2) is 10.0. The summed E-state index contributed by atoms with van der Waals surface area (Å²) in [5, 5.41) is 5.76. The Bertz CT molecular complexity index is 824. The number of benzene rings is 2. The molecule has 4 heteroatoms. The van der Waals surface area contributed by atoms with Crippen molar-refractivity contribution in [3.8, 4) is 17.2 Å². The van der Waals surface area contributed by atoms with Crippen LogP contribution in [-0.2, 0) is 0 Å². The number of hydrogen-bond donors (Lipinski definition) is 0. The van der Waals surface area contributed by atoms with Crippen LogP contribution in [-0.4, -0.2) is 23.0 Å². The average molecular weight is 367 g/mol. The normalized spacial score (nSPS) is 11.0. The van der Waals surface area contributed by atoms with E-state index in [0.29, 0.717) is 0 Å². The zero-order valence-electron chi connectivity index (χ0n) is 16.5. The molecule has 0 bridgehead atoms. The van der Waals surface area contributed by atoms with E-state index in [1.54, 1.807) is 0 Å². The molecule has 2 aromatic carbocycles. The Morgan fingerprint density at radius 2 is 1.48 bits per heavy atom. The first-order valence-electron chi connectivity index (χ1n) is 10.2. The lowest BCUT2D eigenvalue weighted by Gasteiger charge is -2.06. The number of unbranched alkanes of at least 4 members (excludes halogenated alkanes) is 4. The zero-order valence-corrected chi connectivity index (χ0v) is 16.5. The van der Waals surface area contributed by atoms with E-state index in [2.05, 4.69) is 25.0 Å². The molecule has 0 saturated carbocycles. The predicted octanol–water partition coefficient (Wildman–Crippen LogP) is 6.16. The summed E-state index contributed by atoms with van der Waals surface area (Å²) in [4.78, 5) is 0. The SMILES string of the molecule is CCCCCCOc1ccc2nn(-c3ccc(OCCCC)cc3)cc2c1. The maximum absolute atomic E-state index is 5.88. The first-order chi connectivity index (χ1) is 13.3. The van der Waals surface area contributed by atoms with E-state index in [4.69, 9.17) is 9.47 Å². The standard InChI is InChI=1S/C23H30N2O2/c1-3-5-7-8-16-27-22-13-14-23-19(17-22)18-25(24-23)20-9-11-21(12-10-20)26-15-6-4-2/h9-14,17-18H,3-8,15-16H2,1-2H3. The van der Waals surface area contributed by atoms with Crippen molar-refractivity contribution in [2.24, 2.45) is 0 Å². The van der Waals surface area contributed by atoms with Crippen LogP contribution in [0.2, 0.25) is 0 Å². The maximum Gasteiger partial charge on any atom is 0.120 e. The summed E-state index contributed by atoms with van der Waals surface area (Å²) in [6.45, 7) is 5.93. The van der Waals surface area contributed by atoms with Gasteiger partial charge in [0.05, 0.1) is 24.4 Å². The van der Waals surface area contributed by atoms with E-state index < -0.39 is 0 Å². The van der Waals surface area contributed by atoms with Crippen molar-refractivity contribution in [1.29, 1.82) is 0 Å². The lowest BCUT2D eigenvalue weighted by molar-refractivity contribution is 0.305. The van der Waals surface area contributed by atoms with Gasteiger partial charge in [-0.25, -0.2) is 4.68 Å². The van der Waals surface area contributed by atoms with Crippen molar-refractivity contribution in [3.63, 3.8) is 0 Å². The molecule has 0 unspecified atom stereocenters. The molecule has 0 amide bonds. The van der Waals surface area contributed by atoms with Crippen LogP contribution in [0.15, 0.2) is 48.7 Å². The molecule has 3 rings (SSSR count). The van der Waals surface area contributed by atoms with Gasteiger partial charge in [0.2, 0.25) is 0 Å². The molecule has 0 N–H and O–H groups in total. The maximum atomic E-state index is 5.88. The van der Waals surface area contributed by atoms with Gasteiger partial charge < -0.3 is 9.47 Å².